The van der Waals surface area contributed by atoms with E-state index in [0.29, 0.717) is 0 Å². The van der Waals surface area contributed by atoms with E-state index < -0.39 is 12.6 Å². The van der Waals surface area contributed by atoms with Gasteiger partial charge >= 0.3 is 5.97 Å². The van der Waals surface area contributed by atoms with Crippen molar-refractivity contribution in [1.29, 1.82) is 0 Å². The molecule has 0 aliphatic heterocycles. The lowest BCUT2D eigenvalue weighted by Crippen LogP contribution is -2.15. The second-order valence-electron chi connectivity index (χ2n) is 1.59. The van der Waals surface area contributed by atoms with Gasteiger partial charge in [0.15, 0.2) is 0 Å². The van der Waals surface area contributed by atoms with E-state index in [1.807, 2.05) is 0 Å². The van der Waals surface area contributed by atoms with Crippen LogP contribution in [0.15, 0.2) is 12.7 Å². The fourth-order valence-corrected chi connectivity index (χ4v) is 0.293. The van der Waals surface area contributed by atoms with Crippen LogP contribution >= 0.6 is 0 Å². The molecule has 1 atom stereocenters. The van der Waals surface area contributed by atoms with Gasteiger partial charge in [-0.2, -0.15) is 0 Å². The highest BCUT2D eigenvalue weighted by molar-refractivity contribution is 5.70. The molecule has 0 rings (SSSR count). The van der Waals surface area contributed by atoms with Crippen LogP contribution < -0.4 is 0 Å². The van der Waals surface area contributed by atoms with E-state index >= 15 is 0 Å². The molecule has 0 amide bonds. The summed E-state index contributed by atoms with van der Waals surface area (Å²) in [5, 5.41) is 8.17. The summed E-state index contributed by atoms with van der Waals surface area (Å²) in [5.74, 6) is -0.623. The molecule has 0 aromatic carbocycles. The Labute approximate surface area is 53.9 Å². The lowest BCUT2D eigenvalue weighted by molar-refractivity contribution is -0.149. The van der Waals surface area contributed by atoms with Crippen molar-refractivity contribution in [2.75, 3.05) is 6.61 Å². The summed E-state index contributed by atoms with van der Waals surface area (Å²) < 4.78 is 4.54. The number of carbonyl (C=O) groups is 1. The zero-order valence-corrected chi connectivity index (χ0v) is 5.33. The van der Waals surface area contributed by atoms with Gasteiger partial charge < -0.3 is 9.84 Å². The van der Waals surface area contributed by atoms with Crippen LogP contribution in [0.1, 0.15) is 6.92 Å². The second kappa shape index (κ2) is 4.09. The molecule has 0 aliphatic rings. The van der Waals surface area contributed by atoms with Crippen LogP contribution in [0.4, 0.5) is 0 Å². The van der Waals surface area contributed by atoms with Crippen molar-refractivity contribution in [2.45, 2.75) is 13.0 Å². The molecular weight excluding hydrogens is 120 g/mol. The quantitative estimate of drug-likeness (QED) is 0.435. The number of rotatable bonds is 3. The highest BCUT2D eigenvalue weighted by Crippen LogP contribution is 1.90. The minimum Gasteiger partial charge on any atom is -0.457 e. The molecule has 3 nitrogen and oxygen atoms in total. The molecule has 0 spiro atoms. The van der Waals surface area contributed by atoms with Crippen LogP contribution in [0.2, 0.25) is 0 Å². The molecule has 0 aromatic heterocycles. The largest absolute Gasteiger partial charge is 0.457 e. The Morgan fingerprint density at radius 1 is 2.00 bits per heavy atom. The van der Waals surface area contributed by atoms with Crippen LogP contribution in [0, 0.1) is 0 Å². The fourth-order valence-electron chi connectivity index (χ4n) is 0.293. The van der Waals surface area contributed by atoms with Crippen molar-refractivity contribution in [1.82, 2.24) is 0 Å². The first-order valence-electron chi connectivity index (χ1n) is 2.63. The molecule has 0 radical (unpaired) electrons. The van der Waals surface area contributed by atoms with Gasteiger partial charge in [-0.25, -0.2) is 4.79 Å². The summed E-state index contributed by atoms with van der Waals surface area (Å²) in [6, 6.07) is 0. The molecule has 0 aromatic rings. The number of hydrogen-bond acceptors (Lipinski definition) is 3. The molecule has 0 aliphatic carbocycles. The number of ether oxygens (including phenoxy) is 1. The van der Waals surface area contributed by atoms with Gasteiger partial charge in [-0.15, -0.1) is 0 Å². The Morgan fingerprint density at radius 3 is 2.89 bits per heavy atom. The number of carbonyl (C=O) groups excluding carboxylic acids is 1. The van der Waals surface area contributed by atoms with Gasteiger partial charge in [-0.05, 0) is 6.92 Å². The van der Waals surface area contributed by atoms with E-state index in [2.05, 4.69) is 11.3 Å². The van der Waals surface area contributed by atoms with Crippen LogP contribution in [-0.4, -0.2) is 23.8 Å². The minimum absolute atomic E-state index is 0.315. The first-order valence-corrected chi connectivity index (χ1v) is 2.63. The highest BCUT2D eigenvalue weighted by atomic mass is 16.6. The zero-order valence-electron chi connectivity index (χ0n) is 5.33. The van der Waals surface area contributed by atoms with Crippen molar-refractivity contribution < 1.29 is 14.6 Å². The minimum atomic E-state index is -0.623. The number of aliphatic hydroxyl groups is 1. The summed E-state index contributed by atoms with van der Waals surface area (Å²) in [6.45, 7) is 4.49. The van der Waals surface area contributed by atoms with Crippen molar-refractivity contribution in [3.05, 3.63) is 12.7 Å². The van der Waals surface area contributed by atoms with E-state index in [9.17, 15) is 4.79 Å². The first kappa shape index (κ1) is 8.17. The predicted octanol–water partition coefficient (Wildman–Crippen LogP) is 0.0964. The number of aliphatic hydroxyl groups excluding tert-OH is 1. The van der Waals surface area contributed by atoms with Crippen molar-refractivity contribution in [3.63, 3.8) is 0 Å². The summed E-state index contributed by atoms with van der Waals surface area (Å²) in [6.07, 6.45) is 1.16. The standard InChI is InChI=1S/C6H10O3/c1-3-5(2)9-6(8)4-7/h3,5,7H,1,4H2,2H3. The maximum Gasteiger partial charge on any atom is 0.332 e. The van der Waals surface area contributed by atoms with Crippen LogP contribution in [0.3, 0.4) is 0 Å². The summed E-state index contributed by atoms with van der Waals surface area (Å²) in [4.78, 5) is 10.3. The smallest absolute Gasteiger partial charge is 0.332 e. The summed E-state index contributed by atoms with van der Waals surface area (Å²) in [7, 11) is 0. The van der Waals surface area contributed by atoms with Gasteiger partial charge in [0, 0.05) is 0 Å². The molecule has 0 heterocycles. The Morgan fingerprint density at radius 2 is 2.56 bits per heavy atom. The third-order valence-corrected chi connectivity index (χ3v) is 0.778. The molecule has 9 heavy (non-hydrogen) atoms. The van der Waals surface area contributed by atoms with Crippen molar-refractivity contribution in [2.24, 2.45) is 0 Å². The summed E-state index contributed by atoms with van der Waals surface area (Å²) in [5.41, 5.74) is 0. The Bertz CT molecular complexity index is 109. The van der Waals surface area contributed by atoms with E-state index in [4.69, 9.17) is 5.11 Å². The maximum absolute atomic E-state index is 10.3. The van der Waals surface area contributed by atoms with Crippen molar-refractivity contribution in [3.8, 4) is 0 Å². The number of hydrogen-bond donors (Lipinski definition) is 1. The lowest BCUT2D eigenvalue weighted by Gasteiger charge is -2.05. The van der Waals surface area contributed by atoms with E-state index in [0.717, 1.165) is 0 Å². The average molecular weight is 130 g/mol. The SMILES string of the molecule is C=CC(C)OC(=O)CO. The summed E-state index contributed by atoms with van der Waals surface area (Å²) >= 11 is 0. The zero-order chi connectivity index (χ0) is 7.28. The van der Waals surface area contributed by atoms with Crippen LogP contribution in [0.5, 0.6) is 0 Å². The third kappa shape index (κ3) is 3.73. The van der Waals surface area contributed by atoms with Crippen LogP contribution in [-0.2, 0) is 9.53 Å². The second-order valence-corrected chi connectivity index (χ2v) is 1.59. The molecule has 1 unspecified atom stereocenters. The van der Waals surface area contributed by atoms with E-state index in [1.54, 1.807) is 6.92 Å². The molecule has 0 saturated heterocycles. The van der Waals surface area contributed by atoms with Gasteiger partial charge in [-0.3, -0.25) is 0 Å². The van der Waals surface area contributed by atoms with Gasteiger partial charge in [-0.1, -0.05) is 12.7 Å². The monoisotopic (exact) mass is 130 g/mol. The Kier molecular flexibility index (Phi) is 3.71. The third-order valence-electron chi connectivity index (χ3n) is 0.778. The fraction of sp³-hybridized carbons (Fsp3) is 0.500. The molecule has 1 N–H and O–H groups in total. The Balaban J connectivity index is 3.46. The van der Waals surface area contributed by atoms with Crippen LogP contribution in [0.25, 0.3) is 0 Å². The lowest BCUT2D eigenvalue weighted by atomic mass is 10.4. The van der Waals surface area contributed by atoms with Gasteiger partial charge in [0.1, 0.15) is 12.7 Å². The normalized spacial score (nSPS) is 12.2. The van der Waals surface area contributed by atoms with Gasteiger partial charge in [0.05, 0.1) is 0 Å². The first-order chi connectivity index (χ1) is 4.20. The van der Waals surface area contributed by atoms with Gasteiger partial charge in [0.25, 0.3) is 0 Å². The van der Waals surface area contributed by atoms with E-state index in [-0.39, 0.29) is 6.10 Å². The average Bonchev–Trinajstić information content (AvgIpc) is 1.87. The number of esters is 1. The predicted molar refractivity (Wildman–Crippen MR) is 32.8 cm³/mol. The maximum atomic E-state index is 10.3. The molecule has 52 valence electrons. The molecular formula is C6H10O3. The molecule has 3 heteroatoms. The molecule has 0 bridgehead atoms. The Hall–Kier alpha value is -0.830. The van der Waals surface area contributed by atoms with Gasteiger partial charge in [0.2, 0.25) is 0 Å². The molecule has 0 fully saturated rings. The van der Waals surface area contributed by atoms with E-state index in [1.165, 1.54) is 6.08 Å². The highest BCUT2D eigenvalue weighted by Gasteiger charge is 2.02. The topological polar surface area (TPSA) is 46.5 Å². The van der Waals surface area contributed by atoms with Crippen molar-refractivity contribution >= 4 is 5.97 Å². The molecule has 0 saturated carbocycles.